The van der Waals surface area contributed by atoms with E-state index < -0.39 is 0 Å². The number of benzene rings is 1. The molecule has 4 heteroatoms. The Balaban J connectivity index is 1.88. The first-order chi connectivity index (χ1) is 9.60. The van der Waals surface area contributed by atoms with Crippen molar-refractivity contribution in [1.82, 2.24) is 4.90 Å². The fourth-order valence-corrected chi connectivity index (χ4v) is 2.69. The normalized spacial score (nSPS) is 18.1. The lowest BCUT2D eigenvalue weighted by atomic mass is 9.94. The maximum Gasteiger partial charge on any atom is 0.223 e. The van der Waals surface area contributed by atoms with Crippen LogP contribution in [0.15, 0.2) is 24.3 Å². The lowest BCUT2D eigenvalue weighted by Crippen LogP contribution is -2.39. The van der Waals surface area contributed by atoms with E-state index in [0.29, 0.717) is 12.3 Å². The number of carbonyl (C=O) groups excluding carboxylic acids is 1. The van der Waals surface area contributed by atoms with E-state index in [1.165, 1.54) is 12.1 Å². The van der Waals surface area contributed by atoms with E-state index in [2.05, 4.69) is 0 Å². The van der Waals surface area contributed by atoms with Crippen LogP contribution in [0.2, 0.25) is 0 Å². The minimum absolute atomic E-state index is 0.0220. The fraction of sp³-hybridized carbons (Fsp3) is 0.562. The highest BCUT2D eigenvalue weighted by Gasteiger charge is 2.23. The molecular formula is C16H22FNO2. The summed E-state index contributed by atoms with van der Waals surface area (Å²) in [5, 5.41) is 9.10. The second-order valence-corrected chi connectivity index (χ2v) is 5.67. The van der Waals surface area contributed by atoms with Gasteiger partial charge in [0.15, 0.2) is 0 Å². The monoisotopic (exact) mass is 279 g/mol. The number of aliphatic hydroxyl groups excluding tert-OH is 1. The van der Waals surface area contributed by atoms with Gasteiger partial charge in [0.1, 0.15) is 5.82 Å². The molecule has 1 aromatic carbocycles. The molecule has 0 saturated carbocycles. The van der Waals surface area contributed by atoms with Gasteiger partial charge in [-0.25, -0.2) is 4.39 Å². The summed E-state index contributed by atoms with van der Waals surface area (Å²) in [7, 11) is 0. The van der Waals surface area contributed by atoms with Crippen molar-refractivity contribution in [2.45, 2.75) is 32.1 Å². The summed E-state index contributed by atoms with van der Waals surface area (Å²) in [6, 6.07) is 6.45. The average molecular weight is 279 g/mol. The van der Waals surface area contributed by atoms with Gasteiger partial charge in [0.2, 0.25) is 5.91 Å². The molecule has 1 aliphatic heterocycles. The highest BCUT2D eigenvalue weighted by molar-refractivity contribution is 5.77. The summed E-state index contributed by atoms with van der Waals surface area (Å²) in [5.41, 5.74) is 0.864. The zero-order valence-electron chi connectivity index (χ0n) is 11.9. The van der Waals surface area contributed by atoms with Crippen molar-refractivity contribution in [3.05, 3.63) is 35.6 Å². The van der Waals surface area contributed by atoms with Crippen LogP contribution in [0.25, 0.3) is 0 Å². The number of hydrogen-bond acceptors (Lipinski definition) is 2. The maximum atomic E-state index is 13.2. The predicted molar refractivity (Wildman–Crippen MR) is 75.8 cm³/mol. The Bertz CT molecular complexity index is 456. The van der Waals surface area contributed by atoms with Gasteiger partial charge in [-0.1, -0.05) is 19.1 Å². The highest BCUT2D eigenvalue weighted by atomic mass is 19.1. The van der Waals surface area contributed by atoms with Crippen LogP contribution in [0.5, 0.6) is 0 Å². The van der Waals surface area contributed by atoms with Gasteiger partial charge in [0, 0.05) is 26.1 Å². The second-order valence-electron chi connectivity index (χ2n) is 5.67. The number of aliphatic hydroxyl groups is 1. The van der Waals surface area contributed by atoms with E-state index in [1.54, 1.807) is 6.07 Å². The molecule has 1 amide bonds. The van der Waals surface area contributed by atoms with Crippen molar-refractivity contribution >= 4 is 5.91 Å². The topological polar surface area (TPSA) is 40.5 Å². The van der Waals surface area contributed by atoms with E-state index >= 15 is 0 Å². The van der Waals surface area contributed by atoms with Crippen LogP contribution in [0.1, 0.15) is 37.7 Å². The van der Waals surface area contributed by atoms with E-state index in [1.807, 2.05) is 17.9 Å². The van der Waals surface area contributed by atoms with Gasteiger partial charge in [-0.2, -0.15) is 0 Å². The van der Waals surface area contributed by atoms with Crippen LogP contribution >= 0.6 is 0 Å². The first kappa shape index (κ1) is 15.0. The number of hydrogen-bond donors (Lipinski definition) is 1. The number of piperidine rings is 1. The molecule has 1 aliphatic rings. The third-order valence-corrected chi connectivity index (χ3v) is 4.12. The maximum absolute atomic E-state index is 13.2. The van der Waals surface area contributed by atoms with Gasteiger partial charge < -0.3 is 10.0 Å². The molecule has 1 heterocycles. The minimum Gasteiger partial charge on any atom is -0.396 e. The summed E-state index contributed by atoms with van der Waals surface area (Å²) in [5.74, 6) is 0.220. The van der Waals surface area contributed by atoms with Crippen LogP contribution in [-0.2, 0) is 4.79 Å². The van der Waals surface area contributed by atoms with Gasteiger partial charge in [0.25, 0.3) is 0 Å². The van der Waals surface area contributed by atoms with Crippen LogP contribution in [0, 0.1) is 11.7 Å². The Labute approximate surface area is 119 Å². The summed E-state index contributed by atoms with van der Waals surface area (Å²) in [6.45, 7) is 3.61. The molecule has 0 aromatic heterocycles. The van der Waals surface area contributed by atoms with E-state index in [4.69, 9.17) is 5.11 Å². The number of carbonyl (C=O) groups is 1. The molecule has 1 atom stereocenters. The number of halogens is 1. The number of rotatable bonds is 4. The molecule has 1 fully saturated rings. The molecule has 3 nitrogen and oxygen atoms in total. The summed E-state index contributed by atoms with van der Waals surface area (Å²) in [4.78, 5) is 14.1. The molecule has 20 heavy (non-hydrogen) atoms. The van der Waals surface area contributed by atoms with Gasteiger partial charge in [-0.3, -0.25) is 4.79 Å². The molecule has 1 saturated heterocycles. The SMILES string of the molecule is CC(CC(=O)N1CCC(CO)CC1)c1cccc(F)c1. The molecule has 1 unspecified atom stereocenters. The molecule has 1 N–H and O–H groups in total. The lowest BCUT2D eigenvalue weighted by molar-refractivity contribution is -0.133. The zero-order valence-corrected chi connectivity index (χ0v) is 11.9. The molecule has 1 aromatic rings. The van der Waals surface area contributed by atoms with Crippen LogP contribution in [0.3, 0.4) is 0 Å². The average Bonchev–Trinajstić information content (AvgIpc) is 2.47. The largest absolute Gasteiger partial charge is 0.396 e. The molecule has 0 radical (unpaired) electrons. The van der Waals surface area contributed by atoms with Gasteiger partial charge in [-0.15, -0.1) is 0 Å². The second kappa shape index (κ2) is 6.84. The summed E-state index contributed by atoms with van der Waals surface area (Å²) < 4.78 is 13.2. The van der Waals surface area contributed by atoms with Gasteiger partial charge in [-0.05, 0) is 42.4 Å². The molecule has 0 aliphatic carbocycles. The predicted octanol–water partition coefficient (Wildman–Crippen LogP) is 2.55. The smallest absolute Gasteiger partial charge is 0.223 e. The molecule has 2 rings (SSSR count). The fourth-order valence-electron chi connectivity index (χ4n) is 2.69. The lowest BCUT2D eigenvalue weighted by Gasteiger charge is -2.32. The highest BCUT2D eigenvalue weighted by Crippen LogP contribution is 2.23. The van der Waals surface area contributed by atoms with E-state index in [9.17, 15) is 9.18 Å². The first-order valence-corrected chi connectivity index (χ1v) is 7.24. The van der Waals surface area contributed by atoms with Crippen LogP contribution in [-0.4, -0.2) is 35.6 Å². The quantitative estimate of drug-likeness (QED) is 0.920. The standard InChI is InChI=1S/C16H22FNO2/c1-12(14-3-2-4-15(17)10-14)9-16(20)18-7-5-13(11-19)6-8-18/h2-4,10,12-13,19H,5-9,11H2,1H3. The van der Waals surface area contributed by atoms with Crippen molar-refractivity contribution < 1.29 is 14.3 Å². The third-order valence-electron chi connectivity index (χ3n) is 4.12. The van der Waals surface area contributed by atoms with Crippen LogP contribution < -0.4 is 0 Å². The molecular weight excluding hydrogens is 257 g/mol. The van der Waals surface area contributed by atoms with E-state index in [-0.39, 0.29) is 24.2 Å². The van der Waals surface area contributed by atoms with Crippen molar-refractivity contribution in [2.75, 3.05) is 19.7 Å². The van der Waals surface area contributed by atoms with Crippen molar-refractivity contribution in [3.63, 3.8) is 0 Å². The Kier molecular flexibility index (Phi) is 5.12. The van der Waals surface area contributed by atoms with Crippen molar-refractivity contribution in [3.8, 4) is 0 Å². The molecule has 110 valence electrons. The van der Waals surface area contributed by atoms with Crippen molar-refractivity contribution in [2.24, 2.45) is 5.92 Å². The first-order valence-electron chi connectivity index (χ1n) is 7.24. The molecule has 0 spiro atoms. The zero-order chi connectivity index (χ0) is 14.5. The Hall–Kier alpha value is -1.42. The Morgan fingerprint density at radius 2 is 2.15 bits per heavy atom. The third kappa shape index (κ3) is 3.79. The van der Waals surface area contributed by atoms with E-state index in [0.717, 1.165) is 31.5 Å². The number of likely N-dealkylation sites (tertiary alicyclic amines) is 1. The van der Waals surface area contributed by atoms with Gasteiger partial charge in [0.05, 0.1) is 0 Å². The summed E-state index contributed by atoms with van der Waals surface area (Å²) in [6.07, 6.45) is 2.15. The minimum atomic E-state index is -0.259. The van der Waals surface area contributed by atoms with Crippen LogP contribution in [0.4, 0.5) is 4.39 Å². The molecule has 0 bridgehead atoms. The Morgan fingerprint density at radius 3 is 2.75 bits per heavy atom. The van der Waals surface area contributed by atoms with Crippen molar-refractivity contribution in [1.29, 1.82) is 0 Å². The van der Waals surface area contributed by atoms with Gasteiger partial charge >= 0.3 is 0 Å². The number of nitrogens with zero attached hydrogens (tertiary/aromatic N) is 1. The Morgan fingerprint density at radius 1 is 1.45 bits per heavy atom. The summed E-state index contributed by atoms with van der Waals surface area (Å²) >= 11 is 0. The number of amides is 1.